The molecule has 0 bridgehead atoms. The highest BCUT2D eigenvalue weighted by Gasteiger charge is 2.30. The maximum absolute atomic E-state index is 12.5. The molecule has 3 rings (SSSR count). The number of fused-ring (bicyclic) bond motifs is 1. The van der Waals surface area contributed by atoms with Gasteiger partial charge in [-0.15, -0.1) is 0 Å². The lowest BCUT2D eigenvalue weighted by atomic mass is 9.94. The van der Waals surface area contributed by atoms with Crippen LogP contribution in [0.5, 0.6) is 17.2 Å². The van der Waals surface area contributed by atoms with Crippen molar-refractivity contribution in [3.05, 3.63) is 53.1 Å². The van der Waals surface area contributed by atoms with Crippen molar-refractivity contribution < 1.29 is 19.0 Å². The van der Waals surface area contributed by atoms with Crippen LogP contribution in [0.1, 0.15) is 34.0 Å². The standard InChI is InChI=1S/C18H18O4/c1-11-8-16(21-3)18-14(19)10-15(22-17(18)9-11)12-4-6-13(20-2)7-5-12/h4-9,15H,10H2,1-3H3. The van der Waals surface area contributed by atoms with E-state index in [9.17, 15) is 4.79 Å². The van der Waals surface area contributed by atoms with E-state index < -0.39 is 0 Å². The molecular weight excluding hydrogens is 280 g/mol. The molecule has 0 fully saturated rings. The van der Waals surface area contributed by atoms with Crippen LogP contribution in [0.15, 0.2) is 36.4 Å². The Morgan fingerprint density at radius 2 is 1.82 bits per heavy atom. The van der Waals surface area contributed by atoms with Gasteiger partial charge in [-0.25, -0.2) is 0 Å². The Morgan fingerprint density at radius 3 is 2.45 bits per heavy atom. The normalized spacial score (nSPS) is 16.7. The van der Waals surface area contributed by atoms with E-state index in [1.807, 2.05) is 43.3 Å². The first kappa shape index (κ1) is 14.4. The maximum atomic E-state index is 12.5. The third kappa shape index (κ3) is 2.52. The number of aryl methyl sites for hydroxylation is 1. The molecule has 0 aliphatic carbocycles. The molecule has 4 nitrogen and oxygen atoms in total. The van der Waals surface area contributed by atoms with Gasteiger partial charge in [0.2, 0.25) is 0 Å². The van der Waals surface area contributed by atoms with Crippen LogP contribution in [0, 0.1) is 6.92 Å². The summed E-state index contributed by atoms with van der Waals surface area (Å²) in [6.07, 6.45) is 0.0241. The van der Waals surface area contributed by atoms with Gasteiger partial charge in [-0.2, -0.15) is 0 Å². The Morgan fingerprint density at radius 1 is 1.09 bits per heavy atom. The van der Waals surface area contributed by atoms with E-state index in [4.69, 9.17) is 14.2 Å². The average Bonchev–Trinajstić information content (AvgIpc) is 2.53. The van der Waals surface area contributed by atoms with Crippen molar-refractivity contribution in [3.8, 4) is 17.2 Å². The van der Waals surface area contributed by atoms with Crippen LogP contribution in [-0.4, -0.2) is 20.0 Å². The van der Waals surface area contributed by atoms with Crippen molar-refractivity contribution in [1.82, 2.24) is 0 Å². The molecule has 22 heavy (non-hydrogen) atoms. The van der Waals surface area contributed by atoms with Gasteiger partial charge in [-0.05, 0) is 42.3 Å². The van der Waals surface area contributed by atoms with E-state index >= 15 is 0 Å². The lowest BCUT2D eigenvalue weighted by Gasteiger charge is -2.27. The van der Waals surface area contributed by atoms with Gasteiger partial charge >= 0.3 is 0 Å². The average molecular weight is 298 g/mol. The van der Waals surface area contributed by atoms with Gasteiger partial charge in [0.25, 0.3) is 0 Å². The van der Waals surface area contributed by atoms with Crippen LogP contribution in [-0.2, 0) is 0 Å². The molecule has 0 saturated carbocycles. The van der Waals surface area contributed by atoms with Crippen molar-refractivity contribution in [3.63, 3.8) is 0 Å². The third-order valence-corrected chi connectivity index (χ3v) is 3.84. The van der Waals surface area contributed by atoms with Crippen molar-refractivity contribution in [2.24, 2.45) is 0 Å². The predicted molar refractivity (Wildman–Crippen MR) is 83.0 cm³/mol. The lowest BCUT2D eigenvalue weighted by Crippen LogP contribution is -2.21. The second-order valence-electron chi connectivity index (χ2n) is 5.35. The first-order valence-corrected chi connectivity index (χ1v) is 7.15. The highest BCUT2D eigenvalue weighted by atomic mass is 16.5. The Labute approximate surface area is 129 Å². The van der Waals surface area contributed by atoms with Gasteiger partial charge in [0.15, 0.2) is 5.78 Å². The predicted octanol–water partition coefficient (Wildman–Crippen LogP) is 3.72. The van der Waals surface area contributed by atoms with Crippen LogP contribution >= 0.6 is 0 Å². The van der Waals surface area contributed by atoms with Gasteiger partial charge in [-0.3, -0.25) is 4.79 Å². The Hall–Kier alpha value is -2.49. The van der Waals surface area contributed by atoms with Crippen molar-refractivity contribution in [2.45, 2.75) is 19.4 Å². The molecule has 1 unspecified atom stereocenters. The summed E-state index contributed by atoms with van der Waals surface area (Å²) in [5, 5.41) is 0. The summed E-state index contributed by atoms with van der Waals surface area (Å²) in [4.78, 5) is 12.5. The molecule has 1 aliphatic rings. The second kappa shape index (κ2) is 5.72. The SMILES string of the molecule is COc1ccc(C2CC(=O)c3c(OC)cc(C)cc3O2)cc1. The molecule has 0 N–H and O–H groups in total. The molecule has 114 valence electrons. The molecule has 0 amide bonds. The molecule has 4 heteroatoms. The van der Waals surface area contributed by atoms with E-state index in [-0.39, 0.29) is 11.9 Å². The third-order valence-electron chi connectivity index (χ3n) is 3.84. The monoisotopic (exact) mass is 298 g/mol. The van der Waals surface area contributed by atoms with Crippen LogP contribution in [0.4, 0.5) is 0 Å². The summed E-state index contributed by atoms with van der Waals surface area (Å²) in [6, 6.07) is 11.3. The molecule has 1 atom stereocenters. The van der Waals surface area contributed by atoms with E-state index in [1.165, 1.54) is 0 Å². The molecule has 1 heterocycles. The number of hydrogen-bond acceptors (Lipinski definition) is 4. The number of carbonyl (C=O) groups is 1. The maximum Gasteiger partial charge on any atom is 0.174 e. The summed E-state index contributed by atoms with van der Waals surface area (Å²) in [5.41, 5.74) is 2.50. The molecule has 2 aromatic carbocycles. The lowest BCUT2D eigenvalue weighted by molar-refractivity contribution is 0.0844. The fraction of sp³-hybridized carbons (Fsp3) is 0.278. The fourth-order valence-electron chi connectivity index (χ4n) is 2.72. The molecule has 0 aromatic heterocycles. The number of methoxy groups -OCH3 is 2. The minimum Gasteiger partial charge on any atom is -0.497 e. The molecular formula is C18H18O4. The molecule has 1 aliphatic heterocycles. The van der Waals surface area contributed by atoms with Crippen molar-refractivity contribution >= 4 is 5.78 Å². The van der Waals surface area contributed by atoms with Crippen LogP contribution in [0.3, 0.4) is 0 Å². The van der Waals surface area contributed by atoms with Gasteiger partial charge in [0.1, 0.15) is 28.9 Å². The van der Waals surface area contributed by atoms with Gasteiger partial charge in [0.05, 0.1) is 20.6 Å². The number of hydrogen-bond donors (Lipinski definition) is 0. The van der Waals surface area contributed by atoms with Crippen LogP contribution in [0.25, 0.3) is 0 Å². The number of ether oxygens (including phenoxy) is 3. The Bertz CT molecular complexity index is 704. The van der Waals surface area contributed by atoms with E-state index in [2.05, 4.69) is 0 Å². The van der Waals surface area contributed by atoms with Gasteiger partial charge < -0.3 is 14.2 Å². The van der Waals surface area contributed by atoms with Crippen LogP contribution in [0.2, 0.25) is 0 Å². The molecule has 2 aromatic rings. The number of ketones is 1. The first-order chi connectivity index (χ1) is 10.6. The summed E-state index contributed by atoms with van der Waals surface area (Å²) >= 11 is 0. The molecule has 0 saturated heterocycles. The number of carbonyl (C=O) groups excluding carboxylic acids is 1. The quantitative estimate of drug-likeness (QED) is 0.866. The zero-order chi connectivity index (χ0) is 15.7. The topological polar surface area (TPSA) is 44.8 Å². The van der Waals surface area contributed by atoms with Crippen molar-refractivity contribution in [1.29, 1.82) is 0 Å². The van der Waals surface area contributed by atoms with Crippen LogP contribution < -0.4 is 14.2 Å². The van der Waals surface area contributed by atoms with E-state index in [0.29, 0.717) is 23.5 Å². The highest BCUT2D eigenvalue weighted by Crippen LogP contribution is 2.40. The Balaban J connectivity index is 1.96. The number of benzene rings is 2. The van der Waals surface area contributed by atoms with Gasteiger partial charge in [0, 0.05) is 0 Å². The van der Waals surface area contributed by atoms with Gasteiger partial charge in [-0.1, -0.05) is 12.1 Å². The summed E-state index contributed by atoms with van der Waals surface area (Å²) in [7, 11) is 3.19. The zero-order valence-electron chi connectivity index (χ0n) is 12.9. The number of Topliss-reactive ketones (excluding diaryl/α,β-unsaturated/α-hetero) is 1. The minimum atomic E-state index is -0.280. The molecule has 0 radical (unpaired) electrons. The van der Waals surface area contributed by atoms with E-state index in [0.717, 1.165) is 16.9 Å². The largest absolute Gasteiger partial charge is 0.497 e. The molecule has 0 spiro atoms. The minimum absolute atomic E-state index is 0.0407. The number of rotatable bonds is 3. The second-order valence-corrected chi connectivity index (χ2v) is 5.35. The first-order valence-electron chi connectivity index (χ1n) is 7.15. The zero-order valence-corrected chi connectivity index (χ0v) is 12.9. The van der Waals surface area contributed by atoms with Crippen molar-refractivity contribution in [2.75, 3.05) is 14.2 Å². The highest BCUT2D eigenvalue weighted by molar-refractivity contribution is 6.02. The summed E-state index contributed by atoms with van der Waals surface area (Å²) in [5.74, 6) is 1.99. The Kier molecular flexibility index (Phi) is 3.75. The summed E-state index contributed by atoms with van der Waals surface area (Å²) in [6.45, 7) is 1.95. The summed E-state index contributed by atoms with van der Waals surface area (Å²) < 4.78 is 16.5. The van der Waals surface area contributed by atoms with E-state index in [1.54, 1.807) is 14.2 Å². The fourth-order valence-corrected chi connectivity index (χ4v) is 2.72. The smallest absolute Gasteiger partial charge is 0.174 e.